The molecule has 1 amide bonds. The van der Waals surface area contributed by atoms with Crippen molar-refractivity contribution in [1.29, 1.82) is 0 Å². The number of benzene rings is 1. The lowest BCUT2D eigenvalue weighted by Gasteiger charge is -2.05. The van der Waals surface area contributed by atoms with E-state index in [1.807, 2.05) is 6.07 Å². The van der Waals surface area contributed by atoms with Crippen molar-refractivity contribution in [3.63, 3.8) is 0 Å². The van der Waals surface area contributed by atoms with Crippen LogP contribution < -0.4 is 5.32 Å². The summed E-state index contributed by atoms with van der Waals surface area (Å²) >= 11 is 12.0. The number of halogens is 2. The Morgan fingerprint density at radius 2 is 2.09 bits per heavy atom. The van der Waals surface area contributed by atoms with Crippen LogP contribution in [0.15, 0.2) is 55.0 Å². The van der Waals surface area contributed by atoms with Gasteiger partial charge in [0, 0.05) is 22.4 Å². The van der Waals surface area contributed by atoms with Crippen LogP contribution >= 0.6 is 23.2 Å². The maximum absolute atomic E-state index is 12.0. The van der Waals surface area contributed by atoms with Crippen molar-refractivity contribution in [3.8, 4) is 0 Å². The van der Waals surface area contributed by atoms with Crippen LogP contribution in [0.3, 0.4) is 0 Å². The molecule has 116 valence electrons. The van der Waals surface area contributed by atoms with E-state index in [2.05, 4.69) is 15.4 Å². The predicted molar refractivity (Wildman–Crippen MR) is 90.0 cm³/mol. The van der Waals surface area contributed by atoms with Crippen molar-refractivity contribution in [2.45, 2.75) is 6.54 Å². The zero-order chi connectivity index (χ0) is 16.2. The van der Waals surface area contributed by atoms with E-state index < -0.39 is 0 Å². The minimum absolute atomic E-state index is 0.283. The normalized spacial score (nSPS) is 10.5. The van der Waals surface area contributed by atoms with E-state index in [0.717, 1.165) is 5.56 Å². The third-order valence-electron chi connectivity index (χ3n) is 3.14. The summed E-state index contributed by atoms with van der Waals surface area (Å²) in [6.07, 6.45) is 4.87. The van der Waals surface area contributed by atoms with Crippen LogP contribution in [-0.2, 0) is 6.54 Å². The van der Waals surface area contributed by atoms with Gasteiger partial charge >= 0.3 is 0 Å². The minimum atomic E-state index is -0.283. The molecule has 1 aromatic carbocycles. The van der Waals surface area contributed by atoms with Gasteiger partial charge in [0.2, 0.25) is 0 Å². The molecule has 0 atom stereocenters. The van der Waals surface area contributed by atoms with Gasteiger partial charge in [-0.05, 0) is 29.8 Å². The second kappa shape index (κ2) is 6.81. The Labute approximate surface area is 142 Å². The van der Waals surface area contributed by atoms with Gasteiger partial charge < -0.3 is 5.32 Å². The fourth-order valence-electron chi connectivity index (χ4n) is 2.03. The molecule has 0 saturated heterocycles. The molecular weight excluding hydrogens is 335 g/mol. The summed E-state index contributed by atoms with van der Waals surface area (Å²) in [6, 6.07) is 10.5. The fourth-order valence-corrected chi connectivity index (χ4v) is 2.50. The molecule has 7 heteroatoms. The van der Waals surface area contributed by atoms with E-state index in [4.69, 9.17) is 23.2 Å². The van der Waals surface area contributed by atoms with Crippen LogP contribution in [0.4, 0.5) is 5.69 Å². The Morgan fingerprint density at radius 1 is 1.22 bits per heavy atom. The average Bonchev–Trinajstić information content (AvgIpc) is 2.98. The van der Waals surface area contributed by atoms with Crippen LogP contribution in [-0.4, -0.2) is 20.7 Å². The number of pyridine rings is 1. The standard InChI is InChI=1S/C16H12Cl2N4O/c17-12-5-4-11(14(18)7-12)9-22-10-13(8-20-22)21-16(23)15-3-1-2-6-19-15/h1-8,10H,9H2,(H,21,23). The highest BCUT2D eigenvalue weighted by Gasteiger charge is 2.09. The summed E-state index contributed by atoms with van der Waals surface area (Å²) < 4.78 is 1.68. The largest absolute Gasteiger partial charge is 0.318 e. The highest BCUT2D eigenvalue weighted by molar-refractivity contribution is 6.35. The monoisotopic (exact) mass is 346 g/mol. The molecule has 23 heavy (non-hydrogen) atoms. The van der Waals surface area contributed by atoms with Gasteiger partial charge in [0.1, 0.15) is 5.69 Å². The molecule has 0 aliphatic carbocycles. The minimum Gasteiger partial charge on any atom is -0.318 e. The van der Waals surface area contributed by atoms with Crippen LogP contribution in [0.1, 0.15) is 16.1 Å². The third kappa shape index (κ3) is 3.88. The first-order valence-electron chi connectivity index (χ1n) is 6.80. The molecule has 0 bridgehead atoms. The molecule has 0 radical (unpaired) electrons. The van der Waals surface area contributed by atoms with Gasteiger partial charge in [0.15, 0.2) is 0 Å². The van der Waals surface area contributed by atoms with Crippen LogP contribution in [0.5, 0.6) is 0 Å². The van der Waals surface area contributed by atoms with Crippen molar-refractivity contribution in [1.82, 2.24) is 14.8 Å². The number of aromatic nitrogens is 3. The summed E-state index contributed by atoms with van der Waals surface area (Å²) in [6.45, 7) is 0.482. The van der Waals surface area contributed by atoms with E-state index in [0.29, 0.717) is 28.0 Å². The van der Waals surface area contributed by atoms with Crippen LogP contribution in [0, 0.1) is 0 Å². The zero-order valence-electron chi connectivity index (χ0n) is 11.9. The van der Waals surface area contributed by atoms with E-state index >= 15 is 0 Å². The maximum Gasteiger partial charge on any atom is 0.274 e. The lowest BCUT2D eigenvalue weighted by atomic mass is 10.2. The number of hydrogen-bond donors (Lipinski definition) is 1. The third-order valence-corrected chi connectivity index (χ3v) is 3.72. The summed E-state index contributed by atoms with van der Waals surface area (Å²) in [5.41, 5.74) is 1.83. The Bertz CT molecular complexity index is 833. The molecule has 1 N–H and O–H groups in total. The highest BCUT2D eigenvalue weighted by Crippen LogP contribution is 2.22. The Morgan fingerprint density at radius 3 is 2.83 bits per heavy atom. The summed E-state index contributed by atoms with van der Waals surface area (Å²) in [4.78, 5) is 16.0. The quantitative estimate of drug-likeness (QED) is 0.779. The van der Waals surface area contributed by atoms with Gasteiger partial charge in [-0.2, -0.15) is 5.10 Å². The maximum atomic E-state index is 12.0. The number of hydrogen-bond acceptors (Lipinski definition) is 3. The molecule has 0 saturated carbocycles. The topological polar surface area (TPSA) is 59.8 Å². The Kier molecular flexibility index (Phi) is 4.60. The molecule has 2 aromatic heterocycles. The molecule has 3 rings (SSSR count). The first-order valence-corrected chi connectivity index (χ1v) is 7.56. The number of nitrogens with zero attached hydrogens (tertiary/aromatic N) is 3. The van der Waals surface area contributed by atoms with Crippen molar-refractivity contribution < 1.29 is 4.79 Å². The van der Waals surface area contributed by atoms with E-state index in [-0.39, 0.29) is 5.91 Å². The smallest absolute Gasteiger partial charge is 0.274 e. The Balaban J connectivity index is 1.70. The van der Waals surface area contributed by atoms with Gasteiger partial charge in [-0.25, -0.2) is 0 Å². The molecule has 0 fully saturated rings. The van der Waals surface area contributed by atoms with Crippen molar-refractivity contribution >= 4 is 34.8 Å². The number of amides is 1. The van der Waals surface area contributed by atoms with Crippen molar-refractivity contribution in [2.75, 3.05) is 5.32 Å². The first kappa shape index (κ1) is 15.5. The SMILES string of the molecule is O=C(Nc1cnn(Cc2ccc(Cl)cc2Cl)c1)c1ccccn1. The van der Waals surface area contributed by atoms with Gasteiger partial charge in [-0.15, -0.1) is 0 Å². The first-order chi connectivity index (χ1) is 11.1. The molecule has 0 spiro atoms. The summed E-state index contributed by atoms with van der Waals surface area (Å²) in [5, 5.41) is 8.12. The van der Waals surface area contributed by atoms with E-state index in [9.17, 15) is 4.79 Å². The average molecular weight is 347 g/mol. The van der Waals surface area contributed by atoms with Crippen LogP contribution in [0.2, 0.25) is 10.0 Å². The lowest BCUT2D eigenvalue weighted by Crippen LogP contribution is -2.12. The fraction of sp³-hybridized carbons (Fsp3) is 0.0625. The molecular formula is C16H12Cl2N4O. The second-order valence-corrected chi connectivity index (χ2v) is 5.68. The number of anilines is 1. The van der Waals surface area contributed by atoms with Crippen LogP contribution in [0.25, 0.3) is 0 Å². The van der Waals surface area contributed by atoms with E-state index in [1.165, 1.54) is 0 Å². The van der Waals surface area contributed by atoms with Crippen molar-refractivity contribution in [2.24, 2.45) is 0 Å². The molecule has 5 nitrogen and oxygen atoms in total. The lowest BCUT2D eigenvalue weighted by molar-refractivity contribution is 0.102. The molecule has 0 aliphatic heterocycles. The number of carbonyl (C=O) groups is 1. The number of carbonyl (C=O) groups excluding carboxylic acids is 1. The van der Waals surface area contributed by atoms with E-state index in [1.54, 1.807) is 53.6 Å². The summed E-state index contributed by atoms with van der Waals surface area (Å²) in [5.74, 6) is -0.283. The molecule has 0 aliphatic rings. The highest BCUT2D eigenvalue weighted by atomic mass is 35.5. The van der Waals surface area contributed by atoms with Gasteiger partial charge in [-0.1, -0.05) is 35.3 Å². The molecule has 3 aromatic rings. The van der Waals surface area contributed by atoms with Gasteiger partial charge in [0.05, 0.1) is 18.4 Å². The zero-order valence-corrected chi connectivity index (χ0v) is 13.4. The van der Waals surface area contributed by atoms with Crippen molar-refractivity contribution in [3.05, 3.63) is 76.3 Å². The Hall–Kier alpha value is -2.37. The predicted octanol–water partition coefficient (Wildman–Crippen LogP) is 3.89. The number of rotatable bonds is 4. The molecule has 2 heterocycles. The van der Waals surface area contributed by atoms with Gasteiger partial charge in [0.25, 0.3) is 5.91 Å². The molecule has 0 unspecified atom stereocenters. The second-order valence-electron chi connectivity index (χ2n) is 4.83. The van der Waals surface area contributed by atoms with Gasteiger partial charge in [-0.3, -0.25) is 14.5 Å². The summed E-state index contributed by atoms with van der Waals surface area (Å²) in [7, 11) is 0. The number of nitrogens with one attached hydrogen (secondary N) is 1.